The van der Waals surface area contributed by atoms with Gasteiger partial charge in [0, 0.05) is 25.1 Å². The van der Waals surface area contributed by atoms with Crippen LogP contribution in [0.3, 0.4) is 0 Å². The van der Waals surface area contributed by atoms with Gasteiger partial charge >= 0.3 is 0 Å². The lowest BCUT2D eigenvalue weighted by molar-refractivity contribution is -0.127. The van der Waals surface area contributed by atoms with Crippen LogP contribution in [0.5, 0.6) is 5.75 Å². The highest BCUT2D eigenvalue weighted by Gasteiger charge is 2.37. The Balaban J connectivity index is 1.77. The van der Waals surface area contributed by atoms with E-state index >= 15 is 0 Å². The summed E-state index contributed by atoms with van der Waals surface area (Å²) in [6.45, 7) is 6.81. The number of piperidine rings is 1. The number of amides is 1. The minimum absolute atomic E-state index is 0.0763. The van der Waals surface area contributed by atoms with E-state index in [4.69, 9.17) is 4.74 Å². The average Bonchev–Trinajstić information content (AvgIpc) is 2.52. The van der Waals surface area contributed by atoms with Gasteiger partial charge in [0.15, 0.2) is 0 Å². The first-order valence-electron chi connectivity index (χ1n) is 9.10. The molecule has 0 aliphatic carbocycles. The normalized spacial score (nSPS) is 25.8. The van der Waals surface area contributed by atoms with Crippen LogP contribution in [0.2, 0.25) is 0 Å². The number of benzene rings is 1. The summed E-state index contributed by atoms with van der Waals surface area (Å²) in [6, 6.07) is 5.90. The van der Waals surface area contributed by atoms with Crippen LogP contribution in [0, 0.1) is 12.8 Å². The lowest BCUT2D eigenvalue weighted by Crippen LogP contribution is -2.47. The van der Waals surface area contributed by atoms with E-state index in [0.29, 0.717) is 25.8 Å². The van der Waals surface area contributed by atoms with Crippen LogP contribution in [0.15, 0.2) is 18.2 Å². The van der Waals surface area contributed by atoms with Crippen LogP contribution >= 0.6 is 0 Å². The van der Waals surface area contributed by atoms with Crippen LogP contribution in [-0.2, 0) is 14.8 Å². The maximum Gasteiger partial charge on any atom is 0.224 e. The van der Waals surface area contributed by atoms with Crippen LogP contribution in [0.4, 0.5) is 0 Å². The molecule has 0 saturated carbocycles. The quantitative estimate of drug-likeness (QED) is 0.874. The Hall–Kier alpha value is -1.60. The summed E-state index contributed by atoms with van der Waals surface area (Å²) in [6.07, 6.45) is 3.30. The summed E-state index contributed by atoms with van der Waals surface area (Å²) in [5.41, 5.74) is 1.73. The van der Waals surface area contributed by atoms with Crippen molar-refractivity contribution >= 4 is 15.9 Å². The van der Waals surface area contributed by atoms with E-state index in [1.807, 2.05) is 39.0 Å². The van der Waals surface area contributed by atoms with Crippen molar-refractivity contribution in [2.75, 3.05) is 19.3 Å². The van der Waals surface area contributed by atoms with E-state index in [-0.39, 0.29) is 30.0 Å². The molecular weight excluding hydrogens is 352 g/mol. The number of sulfonamides is 1. The number of hydrogen-bond acceptors (Lipinski definition) is 4. The molecule has 2 aliphatic heterocycles. The Kier molecular flexibility index (Phi) is 5.05. The standard InChI is InChI=1S/C19H28N2O4S/c1-13-7-8-15-16(11-19(2,3)25-17(15)10-13)20-18(22)14-6-5-9-21(12-14)26(4,23)24/h7-8,10,14,16H,5-6,9,11-12H2,1-4H3,(H,20,22). The second-order valence-corrected chi connectivity index (χ2v) is 10.1. The van der Waals surface area contributed by atoms with E-state index in [0.717, 1.165) is 16.9 Å². The molecule has 0 radical (unpaired) electrons. The molecule has 144 valence electrons. The number of nitrogens with zero attached hydrogens (tertiary/aromatic N) is 1. The van der Waals surface area contributed by atoms with Crippen molar-refractivity contribution in [1.29, 1.82) is 0 Å². The molecule has 1 aromatic rings. The van der Waals surface area contributed by atoms with Gasteiger partial charge in [0.05, 0.1) is 18.2 Å². The first-order chi connectivity index (χ1) is 12.0. The second kappa shape index (κ2) is 6.85. The third-order valence-corrected chi connectivity index (χ3v) is 6.44. The van der Waals surface area contributed by atoms with Gasteiger partial charge in [0.2, 0.25) is 15.9 Å². The molecule has 1 fully saturated rings. The first-order valence-corrected chi connectivity index (χ1v) is 10.9. The number of fused-ring (bicyclic) bond motifs is 1. The smallest absolute Gasteiger partial charge is 0.224 e. The third kappa shape index (κ3) is 4.20. The number of hydrogen-bond donors (Lipinski definition) is 1. The van der Waals surface area contributed by atoms with E-state index in [2.05, 4.69) is 5.32 Å². The zero-order chi connectivity index (χ0) is 19.1. The summed E-state index contributed by atoms with van der Waals surface area (Å²) in [4.78, 5) is 12.9. The molecule has 0 aromatic heterocycles. The lowest BCUT2D eigenvalue weighted by Gasteiger charge is -2.39. The zero-order valence-corrected chi connectivity index (χ0v) is 16.7. The van der Waals surface area contributed by atoms with Crippen molar-refractivity contribution in [3.05, 3.63) is 29.3 Å². The fraction of sp³-hybridized carbons (Fsp3) is 0.632. The molecule has 2 atom stereocenters. The van der Waals surface area contributed by atoms with Gasteiger partial charge < -0.3 is 10.1 Å². The lowest BCUT2D eigenvalue weighted by atomic mass is 9.88. The Labute approximate surface area is 156 Å². The molecule has 1 aromatic carbocycles. The molecule has 2 heterocycles. The van der Waals surface area contributed by atoms with Crippen molar-refractivity contribution in [3.63, 3.8) is 0 Å². The van der Waals surface area contributed by atoms with Crippen molar-refractivity contribution in [2.24, 2.45) is 5.92 Å². The van der Waals surface area contributed by atoms with Gasteiger partial charge in [-0.3, -0.25) is 4.79 Å². The first kappa shape index (κ1) is 19.2. The Morgan fingerprint density at radius 1 is 1.35 bits per heavy atom. The Morgan fingerprint density at radius 2 is 2.08 bits per heavy atom. The fourth-order valence-corrected chi connectivity index (χ4v) is 4.75. The molecule has 1 amide bonds. The van der Waals surface area contributed by atoms with Gasteiger partial charge in [-0.2, -0.15) is 0 Å². The highest BCUT2D eigenvalue weighted by atomic mass is 32.2. The van der Waals surface area contributed by atoms with E-state index < -0.39 is 10.0 Å². The zero-order valence-electron chi connectivity index (χ0n) is 15.9. The maximum absolute atomic E-state index is 12.9. The van der Waals surface area contributed by atoms with Gasteiger partial charge in [-0.05, 0) is 45.2 Å². The molecule has 0 spiro atoms. The molecule has 2 unspecified atom stereocenters. The second-order valence-electron chi connectivity index (χ2n) is 8.13. The number of rotatable bonds is 3. The molecule has 1 saturated heterocycles. The number of nitrogens with one attached hydrogen (secondary N) is 1. The van der Waals surface area contributed by atoms with Gasteiger partial charge in [-0.25, -0.2) is 12.7 Å². The molecule has 2 aliphatic rings. The number of ether oxygens (including phenoxy) is 1. The third-order valence-electron chi connectivity index (χ3n) is 5.17. The molecule has 1 N–H and O–H groups in total. The predicted octanol–water partition coefficient (Wildman–Crippen LogP) is 2.39. The van der Waals surface area contributed by atoms with Crippen LogP contribution in [0.1, 0.15) is 50.3 Å². The molecule has 6 nitrogen and oxygen atoms in total. The van der Waals surface area contributed by atoms with Gasteiger partial charge in [0.1, 0.15) is 11.4 Å². The summed E-state index contributed by atoms with van der Waals surface area (Å²) in [7, 11) is -3.26. The maximum atomic E-state index is 12.9. The highest BCUT2D eigenvalue weighted by Crippen LogP contribution is 2.40. The van der Waals surface area contributed by atoms with Crippen molar-refractivity contribution < 1.29 is 17.9 Å². The summed E-state index contributed by atoms with van der Waals surface area (Å²) >= 11 is 0. The monoisotopic (exact) mass is 380 g/mol. The van der Waals surface area contributed by atoms with E-state index in [9.17, 15) is 13.2 Å². The number of carbonyl (C=O) groups is 1. The molecule has 7 heteroatoms. The van der Waals surface area contributed by atoms with Gasteiger partial charge in [0.25, 0.3) is 0 Å². The van der Waals surface area contributed by atoms with E-state index in [1.54, 1.807) is 0 Å². The van der Waals surface area contributed by atoms with Crippen LogP contribution < -0.4 is 10.1 Å². The molecule has 0 bridgehead atoms. The molecular formula is C19H28N2O4S. The number of carbonyl (C=O) groups excluding carboxylic acids is 1. The fourth-order valence-electron chi connectivity index (χ4n) is 3.83. The minimum atomic E-state index is -3.26. The predicted molar refractivity (Wildman–Crippen MR) is 101 cm³/mol. The summed E-state index contributed by atoms with van der Waals surface area (Å²) in [5, 5.41) is 3.15. The minimum Gasteiger partial charge on any atom is -0.487 e. The van der Waals surface area contributed by atoms with E-state index in [1.165, 1.54) is 10.6 Å². The van der Waals surface area contributed by atoms with Gasteiger partial charge in [-0.1, -0.05) is 12.1 Å². The Bertz CT molecular complexity index is 804. The topological polar surface area (TPSA) is 75.7 Å². The number of aryl methyl sites for hydroxylation is 1. The van der Waals surface area contributed by atoms with Crippen molar-refractivity contribution in [1.82, 2.24) is 9.62 Å². The summed E-state index contributed by atoms with van der Waals surface area (Å²) < 4.78 is 31.1. The van der Waals surface area contributed by atoms with Crippen LogP contribution in [-0.4, -0.2) is 43.6 Å². The molecule has 26 heavy (non-hydrogen) atoms. The largest absolute Gasteiger partial charge is 0.487 e. The van der Waals surface area contributed by atoms with Crippen LogP contribution in [0.25, 0.3) is 0 Å². The summed E-state index contributed by atoms with van der Waals surface area (Å²) in [5.74, 6) is 0.430. The molecule has 3 rings (SSSR count). The van der Waals surface area contributed by atoms with Crippen molar-refractivity contribution in [3.8, 4) is 5.75 Å². The van der Waals surface area contributed by atoms with Crippen molar-refractivity contribution in [2.45, 2.75) is 51.7 Å². The highest BCUT2D eigenvalue weighted by molar-refractivity contribution is 7.88. The van der Waals surface area contributed by atoms with Gasteiger partial charge in [-0.15, -0.1) is 0 Å². The average molecular weight is 381 g/mol. The SMILES string of the molecule is Cc1ccc2c(c1)OC(C)(C)CC2NC(=O)C1CCCN(S(C)(=O)=O)C1. The Morgan fingerprint density at radius 3 is 2.77 bits per heavy atom.